The van der Waals surface area contributed by atoms with Gasteiger partial charge in [0.15, 0.2) is 11.5 Å². The van der Waals surface area contributed by atoms with Crippen LogP contribution in [0.5, 0.6) is 23.0 Å². The molecule has 0 aromatic heterocycles. The number of unbranched alkanes of at least 4 members (excludes halogenated alkanes) is 1. The molecular formula is C20H26O5. The van der Waals surface area contributed by atoms with Gasteiger partial charge in [-0.05, 0) is 25.8 Å². The summed E-state index contributed by atoms with van der Waals surface area (Å²) in [5.41, 5.74) is 0.891. The fourth-order valence-corrected chi connectivity index (χ4v) is 3.01. The Morgan fingerprint density at radius 3 is 2.32 bits per heavy atom. The van der Waals surface area contributed by atoms with Gasteiger partial charge in [-0.2, -0.15) is 0 Å². The number of rotatable bonds is 8. The Morgan fingerprint density at radius 2 is 1.76 bits per heavy atom. The van der Waals surface area contributed by atoms with E-state index in [1.54, 1.807) is 14.2 Å². The van der Waals surface area contributed by atoms with E-state index in [1.807, 2.05) is 25.1 Å². The van der Waals surface area contributed by atoms with Gasteiger partial charge in [0.2, 0.25) is 0 Å². The molecule has 0 aliphatic carbocycles. The minimum atomic E-state index is -0.395. The number of benzene rings is 2. The number of ether oxygens (including phenoxy) is 4. The molecule has 136 valence electrons. The van der Waals surface area contributed by atoms with Gasteiger partial charge in [-0.3, -0.25) is 4.79 Å². The molecule has 5 nitrogen and oxygen atoms in total. The van der Waals surface area contributed by atoms with E-state index in [0.29, 0.717) is 29.6 Å². The lowest BCUT2D eigenvalue weighted by Crippen LogP contribution is -2.07. The molecule has 0 bridgehead atoms. The number of esters is 1. The van der Waals surface area contributed by atoms with Gasteiger partial charge in [0.05, 0.1) is 26.2 Å². The van der Waals surface area contributed by atoms with Gasteiger partial charge in [0.25, 0.3) is 0 Å². The van der Waals surface area contributed by atoms with Crippen molar-refractivity contribution in [2.75, 3.05) is 20.8 Å². The fourth-order valence-electron chi connectivity index (χ4n) is 3.01. The molecule has 0 N–H and O–H groups in total. The summed E-state index contributed by atoms with van der Waals surface area (Å²) in [6.07, 6.45) is 2.75. The van der Waals surface area contributed by atoms with Crippen LogP contribution in [-0.4, -0.2) is 26.8 Å². The average molecular weight is 346 g/mol. The molecule has 0 saturated carbocycles. The first-order chi connectivity index (χ1) is 12.1. The number of carbonyl (C=O) groups excluding carboxylic acids is 1. The smallest absolute Gasteiger partial charge is 0.308 e. The predicted molar refractivity (Wildman–Crippen MR) is 98.1 cm³/mol. The first kappa shape index (κ1) is 18.9. The minimum Gasteiger partial charge on any atom is -0.496 e. The van der Waals surface area contributed by atoms with E-state index >= 15 is 0 Å². The van der Waals surface area contributed by atoms with Crippen molar-refractivity contribution >= 4 is 16.7 Å². The Kier molecular flexibility index (Phi) is 6.51. The standard InChI is InChI=1S/C20H26O5/c1-6-8-10-15-18(22-4)17-14(11-9-12-16(17)24-7-2)20(19(15)23-5)25-13(3)21/h9,11-12H,6-8,10H2,1-5H3. The molecule has 2 aromatic rings. The van der Waals surface area contributed by atoms with Crippen molar-refractivity contribution in [2.45, 2.75) is 40.0 Å². The normalized spacial score (nSPS) is 10.6. The average Bonchev–Trinajstić information content (AvgIpc) is 2.60. The molecule has 0 radical (unpaired) electrons. The molecule has 0 saturated heterocycles. The summed E-state index contributed by atoms with van der Waals surface area (Å²) in [5.74, 6) is 1.97. The molecule has 0 aliphatic rings. The van der Waals surface area contributed by atoms with Gasteiger partial charge in [-0.15, -0.1) is 0 Å². The third kappa shape index (κ3) is 3.81. The van der Waals surface area contributed by atoms with Gasteiger partial charge < -0.3 is 18.9 Å². The van der Waals surface area contributed by atoms with Crippen LogP contribution in [0, 0.1) is 0 Å². The monoisotopic (exact) mass is 346 g/mol. The van der Waals surface area contributed by atoms with Crippen molar-refractivity contribution in [2.24, 2.45) is 0 Å². The zero-order valence-electron chi connectivity index (χ0n) is 15.6. The highest BCUT2D eigenvalue weighted by Gasteiger charge is 2.25. The van der Waals surface area contributed by atoms with E-state index in [-0.39, 0.29) is 0 Å². The number of hydrogen-bond donors (Lipinski definition) is 0. The van der Waals surface area contributed by atoms with Gasteiger partial charge in [0.1, 0.15) is 11.5 Å². The Labute approximate surface area is 148 Å². The van der Waals surface area contributed by atoms with Gasteiger partial charge >= 0.3 is 5.97 Å². The molecule has 0 spiro atoms. The van der Waals surface area contributed by atoms with E-state index in [4.69, 9.17) is 18.9 Å². The lowest BCUT2D eigenvalue weighted by Gasteiger charge is -2.21. The van der Waals surface area contributed by atoms with Crippen LogP contribution >= 0.6 is 0 Å². The molecule has 2 aromatic carbocycles. The molecular weight excluding hydrogens is 320 g/mol. The van der Waals surface area contributed by atoms with Crippen LogP contribution in [0.1, 0.15) is 39.2 Å². The Hall–Kier alpha value is -2.43. The van der Waals surface area contributed by atoms with E-state index in [2.05, 4.69) is 6.92 Å². The maximum Gasteiger partial charge on any atom is 0.308 e. The van der Waals surface area contributed by atoms with Gasteiger partial charge in [0, 0.05) is 17.9 Å². The molecule has 0 fully saturated rings. The van der Waals surface area contributed by atoms with Crippen molar-refractivity contribution < 1.29 is 23.7 Å². The second-order valence-corrected chi connectivity index (χ2v) is 5.68. The van der Waals surface area contributed by atoms with Crippen LogP contribution in [0.4, 0.5) is 0 Å². The van der Waals surface area contributed by atoms with Crippen LogP contribution in [-0.2, 0) is 11.2 Å². The Bertz CT molecular complexity index is 752. The van der Waals surface area contributed by atoms with Crippen LogP contribution in [0.2, 0.25) is 0 Å². The third-order valence-electron chi connectivity index (χ3n) is 3.99. The second kappa shape index (κ2) is 8.60. The molecule has 25 heavy (non-hydrogen) atoms. The number of methoxy groups -OCH3 is 2. The summed E-state index contributed by atoms with van der Waals surface area (Å²) in [6, 6.07) is 5.64. The van der Waals surface area contributed by atoms with Crippen molar-refractivity contribution in [1.29, 1.82) is 0 Å². The molecule has 0 heterocycles. The van der Waals surface area contributed by atoms with Crippen molar-refractivity contribution in [1.82, 2.24) is 0 Å². The van der Waals surface area contributed by atoms with E-state index in [9.17, 15) is 4.79 Å². The Morgan fingerprint density at radius 1 is 1.04 bits per heavy atom. The first-order valence-electron chi connectivity index (χ1n) is 8.59. The van der Waals surface area contributed by atoms with Crippen molar-refractivity contribution in [3.05, 3.63) is 23.8 Å². The van der Waals surface area contributed by atoms with Gasteiger partial charge in [-0.1, -0.05) is 25.5 Å². The predicted octanol–water partition coefficient (Wildman–Crippen LogP) is 4.52. The zero-order chi connectivity index (χ0) is 18.4. The first-order valence-corrected chi connectivity index (χ1v) is 8.59. The molecule has 2 rings (SSSR count). The largest absolute Gasteiger partial charge is 0.496 e. The second-order valence-electron chi connectivity index (χ2n) is 5.68. The van der Waals surface area contributed by atoms with Crippen LogP contribution < -0.4 is 18.9 Å². The molecule has 0 atom stereocenters. The number of hydrogen-bond acceptors (Lipinski definition) is 5. The van der Waals surface area contributed by atoms with Crippen LogP contribution in [0.25, 0.3) is 10.8 Å². The summed E-state index contributed by atoms with van der Waals surface area (Å²) in [6.45, 7) is 5.97. The summed E-state index contributed by atoms with van der Waals surface area (Å²) in [5, 5.41) is 1.53. The van der Waals surface area contributed by atoms with Crippen molar-refractivity contribution in [3.8, 4) is 23.0 Å². The highest BCUT2D eigenvalue weighted by molar-refractivity contribution is 6.02. The van der Waals surface area contributed by atoms with Crippen LogP contribution in [0.3, 0.4) is 0 Å². The Balaban J connectivity index is 2.90. The van der Waals surface area contributed by atoms with Gasteiger partial charge in [-0.25, -0.2) is 0 Å². The maximum absolute atomic E-state index is 11.7. The number of carbonyl (C=O) groups is 1. The highest BCUT2D eigenvalue weighted by Crippen LogP contribution is 2.49. The molecule has 0 amide bonds. The van der Waals surface area contributed by atoms with E-state index < -0.39 is 5.97 Å². The van der Waals surface area contributed by atoms with E-state index in [1.165, 1.54) is 6.92 Å². The molecule has 5 heteroatoms. The van der Waals surface area contributed by atoms with Crippen LogP contribution in [0.15, 0.2) is 18.2 Å². The summed E-state index contributed by atoms with van der Waals surface area (Å²) < 4.78 is 22.7. The summed E-state index contributed by atoms with van der Waals surface area (Å²) in [7, 11) is 3.22. The lowest BCUT2D eigenvalue weighted by atomic mass is 9.98. The maximum atomic E-state index is 11.7. The lowest BCUT2D eigenvalue weighted by molar-refractivity contribution is -0.131. The quantitative estimate of drug-likeness (QED) is 0.519. The summed E-state index contributed by atoms with van der Waals surface area (Å²) >= 11 is 0. The summed E-state index contributed by atoms with van der Waals surface area (Å²) in [4.78, 5) is 11.7. The minimum absolute atomic E-state index is 0.395. The van der Waals surface area contributed by atoms with E-state index in [0.717, 1.165) is 35.6 Å². The molecule has 0 unspecified atom stereocenters. The SMILES string of the molecule is CCCCc1c(OC)c(OC(C)=O)c2cccc(OCC)c2c1OC. The zero-order valence-corrected chi connectivity index (χ0v) is 15.6. The molecule has 0 aliphatic heterocycles. The fraction of sp³-hybridized carbons (Fsp3) is 0.450. The highest BCUT2D eigenvalue weighted by atomic mass is 16.6. The van der Waals surface area contributed by atoms with Crippen molar-refractivity contribution in [3.63, 3.8) is 0 Å². The number of fused-ring (bicyclic) bond motifs is 1. The topological polar surface area (TPSA) is 54.0 Å². The third-order valence-corrected chi connectivity index (χ3v) is 3.99.